The lowest BCUT2D eigenvalue weighted by molar-refractivity contribution is 0.0697. The lowest BCUT2D eigenvalue weighted by Gasteiger charge is -2.26. The Labute approximate surface area is 166 Å². The molecule has 6 nitrogen and oxygen atoms in total. The fraction of sp³-hybridized carbons (Fsp3) is 0.632. The fourth-order valence-electron chi connectivity index (χ4n) is 3.91. The summed E-state index contributed by atoms with van der Waals surface area (Å²) in [7, 11) is -3.81. The lowest BCUT2D eigenvalue weighted by atomic mass is 10.1. The average Bonchev–Trinajstić information content (AvgIpc) is 3.06. The van der Waals surface area contributed by atoms with Crippen LogP contribution in [0.1, 0.15) is 61.7 Å². The second-order valence-corrected chi connectivity index (χ2v) is 9.64. The van der Waals surface area contributed by atoms with Crippen LogP contribution in [-0.4, -0.2) is 50.0 Å². The topological polar surface area (TPSA) is 77.9 Å². The predicted octanol–water partition coefficient (Wildman–Crippen LogP) is 3.98. The Kier molecular flexibility index (Phi) is 6.65. The van der Waals surface area contributed by atoms with E-state index >= 15 is 0 Å². The Morgan fingerprint density at radius 2 is 1.41 bits per heavy atom. The van der Waals surface area contributed by atoms with Gasteiger partial charge in [0.2, 0.25) is 10.0 Å². The number of nitrogens with zero attached hydrogens (tertiary/aromatic N) is 2. The molecular formula is C19H27ClN2O4S. The van der Waals surface area contributed by atoms with Gasteiger partial charge in [-0.3, -0.25) is 0 Å². The van der Waals surface area contributed by atoms with Gasteiger partial charge in [-0.05, 0) is 37.8 Å². The number of carboxylic acids is 1. The van der Waals surface area contributed by atoms with Crippen LogP contribution in [-0.2, 0) is 10.0 Å². The van der Waals surface area contributed by atoms with Crippen molar-refractivity contribution in [1.29, 1.82) is 0 Å². The summed E-state index contributed by atoms with van der Waals surface area (Å²) in [6.45, 7) is 2.42. The van der Waals surface area contributed by atoms with Gasteiger partial charge in [0.25, 0.3) is 0 Å². The van der Waals surface area contributed by atoms with Crippen LogP contribution >= 0.6 is 11.6 Å². The maximum Gasteiger partial charge on any atom is 0.337 e. The number of anilines is 1. The molecule has 1 aromatic carbocycles. The summed E-state index contributed by atoms with van der Waals surface area (Å²) in [4.78, 5) is 13.8. The summed E-state index contributed by atoms with van der Waals surface area (Å²) in [5, 5.41) is 9.83. The summed E-state index contributed by atoms with van der Waals surface area (Å²) in [5.74, 6) is -1.13. The fourth-order valence-corrected chi connectivity index (χ4v) is 5.95. The number of halogens is 1. The van der Waals surface area contributed by atoms with Crippen molar-refractivity contribution < 1.29 is 18.3 Å². The first-order valence-corrected chi connectivity index (χ1v) is 11.5. The Balaban J connectivity index is 2.01. The van der Waals surface area contributed by atoms with E-state index in [1.807, 2.05) is 4.90 Å². The summed E-state index contributed by atoms with van der Waals surface area (Å²) in [5.41, 5.74) is 0.527. The van der Waals surface area contributed by atoms with Crippen LogP contribution in [0.2, 0.25) is 5.02 Å². The molecule has 2 heterocycles. The van der Waals surface area contributed by atoms with Crippen molar-refractivity contribution in [2.75, 3.05) is 31.1 Å². The average molecular weight is 415 g/mol. The first kappa shape index (κ1) is 20.4. The van der Waals surface area contributed by atoms with Crippen molar-refractivity contribution in [3.63, 3.8) is 0 Å². The molecule has 0 aliphatic carbocycles. The van der Waals surface area contributed by atoms with Gasteiger partial charge in [0.15, 0.2) is 0 Å². The molecule has 8 heteroatoms. The van der Waals surface area contributed by atoms with Crippen LogP contribution in [0.15, 0.2) is 17.0 Å². The SMILES string of the molecule is O=C(O)c1cc(S(=O)(=O)N2CCCCCC2)c(Cl)cc1N1CCCCCC1. The number of rotatable bonds is 4. The molecule has 27 heavy (non-hydrogen) atoms. The highest BCUT2D eigenvalue weighted by Crippen LogP contribution is 2.34. The Bertz CT molecular complexity index is 781. The molecule has 0 spiro atoms. The molecule has 2 fully saturated rings. The highest BCUT2D eigenvalue weighted by molar-refractivity contribution is 7.89. The van der Waals surface area contributed by atoms with Crippen molar-refractivity contribution in [2.45, 2.75) is 56.3 Å². The molecule has 2 saturated heterocycles. The normalized spacial score (nSPS) is 20.1. The number of carboxylic acid groups (broad SMARTS) is 1. The highest BCUT2D eigenvalue weighted by atomic mass is 35.5. The van der Waals surface area contributed by atoms with Crippen LogP contribution in [0.25, 0.3) is 0 Å². The molecule has 0 aromatic heterocycles. The van der Waals surface area contributed by atoms with Gasteiger partial charge in [0.1, 0.15) is 4.90 Å². The first-order chi connectivity index (χ1) is 12.9. The van der Waals surface area contributed by atoms with Crippen LogP contribution in [0.4, 0.5) is 5.69 Å². The molecular weight excluding hydrogens is 388 g/mol. The molecule has 3 rings (SSSR count). The molecule has 150 valence electrons. The van der Waals surface area contributed by atoms with E-state index in [0.29, 0.717) is 18.8 Å². The van der Waals surface area contributed by atoms with E-state index in [-0.39, 0.29) is 15.5 Å². The van der Waals surface area contributed by atoms with Crippen molar-refractivity contribution >= 4 is 33.3 Å². The molecule has 0 amide bonds. The number of hydrogen-bond donors (Lipinski definition) is 1. The van der Waals surface area contributed by atoms with E-state index in [2.05, 4.69) is 0 Å². The van der Waals surface area contributed by atoms with Gasteiger partial charge >= 0.3 is 5.97 Å². The number of hydrogen-bond acceptors (Lipinski definition) is 4. The maximum absolute atomic E-state index is 13.1. The third kappa shape index (κ3) is 4.58. The molecule has 0 bridgehead atoms. The number of aromatic carboxylic acids is 1. The minimum atomic E-state index is -3.81. The Hall–Kier alpha value is -1.31. The van der Waals surface area contributed by atoms with Crippen LogP contribution in [0, 0.1) is 0 Å². The Morgan fingerprint density at radius 1 is 0.889 bits per heavy atom. The zero-order valence-corrected chi connectivity index (χ0v) is 17.1. The minimum Gasteiger partial charge on any atom is -0.478 e. The highest BCUT2D eigenvalue weighted by Gasteiger charge is 2.30. The van der Waals surface area contributed by atoms with Gasteiger partial charge < -0.3 is 10.0 Å². The first-order valence-electron chi connectivity index (χ1n) is 9.73. The number of carbonyl (C=O) groups is 1. The quantitative estimate of drug-likeness (QED) is 0.806. The van der Waals surface area contributed by atoms with Crippen LogP contribution in [0.3, 0.4) is 0 Å². The molecule has 1 aromatic rings. The maximum atomic E-state index is 13.1. The van der Waals surface area contributed by atoms with Gasteiger partial charge in [0, 0.05) is 26.2 Å². The van der Waals surface area contributed by atoms with E-state index in [0.717, 1.165) is 64.5 Å². The lowest BCUT2D eigenvalue weighted by Crippen LogP contribution is -2.32. The van der Waals surface area contributed by atoms with Crippen LogP contribution in [0.5, 0.6) is 0 Å². The molecule has 2 aliphatic rings. The number of sulfonamides is 1. The predicted molar refractivity (Wildman–Crippen MR) is 106 cm³/mol. The van der Waals surface area contributed by atoms with E-state index < -0.39 is 16.0 Å². The largest absolute Gasteiger partial charge is 0.478 e. The molecule has 1 N–H and O–H groups in total. The van der Waals surface area contributed by atoms with E-state index in [4.69, 9.17) is 11.6 Å². The summed E-state index contributed by atoms with van der Waals surface area (Å²) in [6, 6.07) is 2.78. The molecule has 2 aliphatic heterocycles. The monoisotopic (exact) mass is 414 g/mol. The molecule has 0 atom stereocenters. The second kappa shape index (κ2) is 8.80. The van der Waals surface area contributed by atoms with E-state index in [1.54, 1.807) is 0 Å². The van der Waals surface area contributed by atoms with Gasteiger partial charge in [-0.1, -0.05) is 37.3 Å². The summed E-state index contributed by atoms with van der Waals surface area (Å²) < 4.78 is 27.7. The summed E-state index contributed by atoms with van der Waals surface area (Å²) in [6.07, 6.45) is 7.86. The third-order valence-corrected chi connectivity index (χ3v) is 7.77. The van der Waals surface area contributed by atoms with E-state index in [1.165, 1.54) is 16.4 Å². The van der Waals surface area contributed by atoms with Crippen molar-refractivity contribution in [1.82, 2.24) is 4.31 Å². The second-order valence-electron chi connectivity index (χ2n) is 7.32. The van der Waals surface area contributed by atoms with Gasteiger partial charge in [-0.15, -0.1) is 0 Å². The van der Waals surface area contributed by atoms with Crippen molar-refractivity contribution in [3.05, 3.63) is 22.7 Å². The van der Waals surface area contributed by atoms with E-state index in [9.17, 15) is 18.3 Å². The van der Waals surface area contributed by atoms with Gasteiger partial charge in [-0.25, -0.2) is 13.2 Å². The van der Waals surface area contributed by atoms with Gasteiger partial charge in [-0.2, -0.15) is 4.31 Å². The molecule has 0 unspecified atom stereocenters. The van der Waals surface area contributed by atoms with Crippen molar-refractivity contribution in [2.24, 2.45) is 0 Å². The zero-order chi connectivity index (χ0) is 19.4. The molecule has 0 radical (unpaired) electrons. The smallest absolute Gasteiger partial charge is 0.337 e. The molecule has 0 saturated carbocycles. The summed E-state index contributed by atoms with van der Waals surface area (Å²) >= 11 is 6.39. The minimum absolute atomic E-state index is 0.00898. The zero-order valence-electron chi connectivity index (χ0n) is 15.5. The number of benzene rings is 1. The van der Waals surface area contributed by atoms with Crippen LogP contribution < -0.4 is 4.90 Å². The Morgan fingerprint density at radius 3 is 1.93 bits per heavy atom. The third-order valence-electron chi connectivity index (χ3n) is 5.41. The standard InChI is InChI=1S/C19H27ClN2O4S/c20-16-14-17(21-9-5-1-2-6-10-21)15(19(23)24)13-18(16)27(25,26)22-11-7-3-4-8-12-22/h13-14H,1-12H2,(H,23,24). The van der Waals surface area contributed by atoms with Crippen molar-refractivity contribution in [3.8, 4) is 0 Å². The van der Waals surface area contributed by atoms with Gasteiger partial charge in [0.05, 0.1) is 16.3 Å².